The zero-order valence-corrected chi connectivity index (χ0v) is 18.2. The molecule has 0 radical (unpaired) electrons. The fourth-order valence-corrected chi connectivity index (χ4v) is 2.92. The number of ether oxygens (including phenoxy) is 2. The van der Waals surface area contributed by atoms with Crippen molar-refractivity contribution in [2.45, 2.75) is 33.7 Å². The first-order chi connectivity index (χ1) is 13.4. The lowest BCUT2D eigenvalue weighted by molar-refractivity contribution is 0.172. The van der Waals surface area contributed by atoms with E-state index in [-0.39, 0.29) is 5.75 Å². The molecule has 0 aliphatic rings. The van der Waals surface area contributed by atoms with Gasteiger partial charge in [-0.25, -0.2) is 18.1 Å². The highest BCUT2D eigenvalue weighted by atomic mass is 32.2. The minimum atomic E-state index is -3.18. The van der Waals surface area contributed by atoms with Crippen LogP contribution in [0.5, 0.6) is 5.75 Å². The van der Waals surface area contributed by atoms with Gasteiger partial charge in [-0.15, -0.1) is 0 Å². The molecule has 0 aliphatic carbocycles. The van der Waals surface area contributed by atoms with Crippen LogP contribution < -0.4 is 20.1 Å². The van der Waals surface area contributed by atoms with Crippen LogP contribution in [0.4, 0.5) is 0 Å². The highest BCUT2D eigenvalue weighted by Gasteiger charge is 2.07. The average Bonchev–Trinajstić information content (AvgIpc) is 2.67. The molecule has 1 aromatic carbocycles. The van der Waals surface area contributed by atoms with Crippen molar-refractivity contribution in [1.82, 2.24) is 15.4 Å². The van der Waals surface area contributed by atoms with Gasteiger partial charge in [0, 0.05) is 45.3 Å². The number of guanidine groups is 1. The molecule has 0 aromatic heterocycles. The van der Waals surface area contributed by atoms with Gasteiger partial charge >= 0.3 is 0 Å². The first-order valence-electron chi connectivity index (χ1n) is 9.62. The largest absolute Gasteiger partial charge is 0.493 e. The number of sulfonamides is 1. The molecule has 1 aromatic rings. The lowest BCUT2D eigenvalue weighted by Gasteiger charge is -2.14. The number of methoxy groups -OCH3 is 1. The van der Waals surface area contributed by atoms with E-state index in [0.29, 0.717) is 45.4 Å². The zero-order valence-electron chi connectivity index (χ0n) is 17.4. The third-order valence-electron chi connectivity index (χ3n) is 3.84. The molecule has 3 N–H and O–H groups in total. The molecule has 0 saturated heterocycles. The standard InChI is InChI=1S/C19H34N4O4S/c1-5-20-19(21-10-11-23-28(24,25)6-2)22-15-17-9-8-16(3)14-18(17)27-13-7-12-26-4/h8-9,14,23H,5-7,10-13,15H2,1-4H3,(H2,20,21,22). The maximum Gasteiger partial charge on any atom is 0.211 e. The summed E-state index contributed by atoms with van der Waals surface area (Å²) in [5.41, 5.74) is 2.12. The summed E-state index contributed by atoms with van der Waals surface area (Å²) in [7, 11) is -1.51. The molecule has 9 heteroatoms. The van der Waals surface area contributed by atoms with Gasteiger partial charge in [-0.3, -0.25) is 0 Å². The molecule has 0 unspecified atom stereocenters. The molecule has 0 spiro atoms. The third-order valence-corrected chi connectivity index (χ3v) is 5.25. The number of aliphatic imine (C=N–C) groups is 1. The van der Waals surface area contributed by atoms with Crippen LogP contribution in [-0.4, -0.2) is 60.1 Å². The molecule has 0 saturated carbocycles. The van der Waals surface area contributed by atoms with Crippen LogP contribution in [0.1, 0.15) is 31.4 Å². The number of hydrogen-bond donors (Lipinski definition) is 3. The van der Waals surface area contributed by atoms with Gasteiger partial charge in [0.2, 0.25) is 10.0 Å². The fraction of sp³-hybridized carbons (Fsp3) is 0.632. The number of hydrogen-bond acceptors (Lipinski definition) is 5. The molecule has 8 nitrogen and oxygen atoms in total. The Labute approximate surface area is 169 Å². The number of aryl methyl sites for hydroxylation is 1. The Kier molecular flexibility index (Phi) is 11.5. The minimum Gasteiger partial charge on any atom is -0.493 e. The van der Waals surface area contributed by atoms with Crippen LogP contribution in [0, 0.1) is 6.92 Å². The van der Waals surface area contributed by atoms with E-state index < -0.39 is 10.0 Å². The molecule has 28 heavy (non-hydrogen) atoms. The summed E-state index contributed by atoms with van der Waals surface area (Å²) in [5.74, 6) is 1.53. The van der Waals surface area contributed by atoms with Gasteiger partial charge in [-0.2, -0.15) is 0 Å². The van der Waals surface area contributed by atoms with Crippen LogP contribution in [0.15, 0.2) is 23.2 Å². The molecule has 0 amide bonds. The highest BCUT2D eigenvalue weighted by molar-refractivity contribution is 7.89. The van der Waals surface area contributed by atoms with Gasteiger partial charge in [0.25, 0.3) is 0 Å². The van der Waals surface area contributed by atoms with Crippen molar-refractivity contribution in [1.29, 1.82) is 0 Å². The molecule has 0 bridgehead atoms. The van der Waals surface area contributed by atoms with Crippen LogP contribution in [0.25, 0.3) is 0 Å². The SMILES string of the molecule is CCNC(=NCc1ccc(C)cc1OCCCOC)NCCNS(=O)(=O)CC. The van der Waals surface area contributed by atoms with E-state index in [1.54, 1.807) is 14.0 Å². The van der Waals surface area contributed by atoms with E-state index >= 15 is 0 Å². The smallest absolute Gasteiger partial charge is 0.211 e. The lowest BCUT2D eigenvalue weighted by atomic mass is 10.1. The first-order valence-corrected chi connectivity index (χ1v) is 11.3. The summed E-state index contributed by atoms with van der Waals surface area (Å²) < 4.78 is 36.4. The Hall–Kier alpha value is -1.84. The van der Waals surface area contributed by atoms with Crippen LogP contribution >= 0.6 is 0 Å². The summed E-state index contributed by atoms with van der Waals surface area (Å²) in [5, 5.41) is 6.29. The zero-order chi connectivity index (χ0) is 20.8. The topological polar surface area (TPSA) is 101 Å². The summed E-state index contributed by atoms with van der Waals surface area (Å²) >= 11 is 0. The van der Waals surface area contributed by atoms with Crippen LogP contribution in [0.3, 0.4) is 0 Å². The van der Waals surface area contributed by atoms with E-state index in [1.165, 1.54) is 0 Å². The number of nitrogens with zero attached hydrogens (tertiary/aromatic N) is 1. The average molecular weight is 415 g/mol. The van der Waals surface area contributed by atoms with Gasteiger partial charge in [-0.1, -0.05) is 12.1 Å². The second-order valence-corrected chi connectivity index (χ2v) is 8.32. The first kappa shape index (κ1) is 24.2. The van der Waals surface area contributed by atoms with Crippen molar-refractivity contribution in [3.8, 4) is 5.75 Å². The third kappa shape index (κ3) is 9.91. The Bertz CT molecular complexity index is 708. The predicted molar refractivity (Wildman–Crippen MR) is 113 cm³/mol. The maximum atomic E-state index is 11.5. The van der Waals surface area contributed by atoms with E-state index in [4.69, 9.17) is 9.47 Å². The Balaban J connectivity index is 2.67. The number of benzene rings is 1. The van der Waals surface area contributed by atoms with Gasteiger partial charge in [0.1, 0.15) is 5.75 Å². The fourth-order valence-electron chi connectivity index (χ4n) is 2.31. The van der Waals surface area contributed by atoms with Crippen molar-refractivity contribution < 1.29 is 17.9 Å². The summed E-state index contributed by atoms with van der Waals surface area (Å²) in [6.45, 7) is 8.78. The molecular weight excluding hydrogens is 380 g/mol. The van der Waals surface area contributed by atoms with Gasteiger partial charge in [0.15, 0.2) is 5.96 Å². The van der Waals surface area contributed by atoms with Gasteiger partial charge in [0.05, 0.1) is 18.9 Å². The van der Waals surface area contributed by atoms with E-state index in [0.717, 1.165) is 23.3 Å². The van der Waals surface area contributed by atoms with E-state index in [9.17, 15) is 8.42 Å². The van der Waals surface area contributed by atoms with Crippen molar-refractivity contribution >= 4 is 16.0 Å². The molecule has 0 fully saturated rings. The second-order valence-electron chi connectivity index (χ2n) is 6.23. The Morgan fingerprint density at radius 3 is 2.61 bits per heavy atom. The van der Waals surface area contributed by atoms with Crippen molar-refractivity contribution in [3.63, 3.8) is 0 Å². The van der Waals surface area contributed by atoms with Crippen LogP contribution in [0.2, 0.25) is 0 Å². The van der Waals surface area contributed by atoms with Crippen molar-refractivity contribution in [2.75, 3.05) is 45.7 Å². The summed E-state index contributed by atoms with van der Waals surface area (Å²) in [4.78, 5) is 4.59. The van der Waals surface area contributed by atoms with E-state index in [2.05, 4.69) is 20.3 Å². The number of nitrogens with one attached hydrogen (secondary N) is 3. The predicted octanol–water partition coefficient (Wildman–Crippen LogP) is 1.40. The van der Waals surface area contributed by atoms with Gasteiger partial charge in [-0.05, 0) is 32.4 Å². The molecular formula is C19H34N4O4S. The normalized spacial score (nSPS) is 12.1. The number of rotatable bonds is 13. The minimum absolute atomic E-state index is 0.0712. The van der Waals surface area contributed by atoms with E-state index in [1.807, 2.05) is 32.0 Å². The van der Waals surface area contributed by atoms with Crippen molar-refractivity contribution in [3.05, 3.63) is 29.3 Å². The highest BCUT2D eigenvalue weighted by Crippen LogP contribution is 2.21. The van der Waals surface area contributed by atoms with Gasteiger partial charge < -0.3 is 20.1 Å². The Morgan fingerprint density at radius 1 is 1.14 bits per heavy atom. The Morgan fingerprint density at radius 2 is 1.93 bits per heavy atom. The summed E-state index contributed by atoms with van der Waals surface area (Å²) in [6.07, 6.45) is 0.824. The monoisotopic (exact) mass is 414 g/mol. The molecule has 0 heterocycles. The second kappa shape index (κ2) is 13.4. The molecule has 0 atom stereocenters. The van der Waals surface area contributed by atoms with Crippen LogP contribution in [-0.2, 0) is 21.3 Å². The lowest BCUT2D eigenvalue weighted by Crippen LogP contribution is -2.41. The quantitative estimate of drug-likeness (QED) is 0.256. The maximum absolute atomic E-state index is 11.5. The molecule has 0 aliphatic heterocycles. The molecule has 1 rings (SSSR count). The molecule has 160 valence electrons. The summed E-state index contributed by atoms with van der Waals surface area (Å²) in [6, 6.07) is 6.06. The van der Waals surface area contributed by atoms with Crippen molar-refractivity contribution in [2.24, 2.45) is 4.99 Å².